The van der Waals surface area contributed by atoms with Crippen LogP contribution in [0.5, 0.6) is 0 Å². The number of benzene rings is 1. The van der Waals surface area contributed by atoms with E-state index in [9.17, 15) is 22.8 Å². The number of imidazole rings is 1. The Morgan fingerprint density at radius 1 is 1.09 bits per heavy atom. The third kappa shape index (κ3) is 6.03. The number of piperidine rings is 1. The van der Waals surface area contributed by atoms with Crippen LogP contribution in [-0.4, -0.2) is 57.3 Å². The lowest BCUT2D eigenvalue weighted by atomic mass is 9.88. The largest absolute Gasteiger partial charge is 0.416 e. The first-order chi connectivity index (χ1) is 20.7. The van der Waals surface area contributed by atoms with Crippen LogP contribution >= 0.6 is 0 Å². The average molecular weight is 594 g/mol. The summed E-state index contributed by atoms with van der Waals surface area (Å²) >= 11 is 0. The van der Waals surface area contributed by atoms with Gasteiger partial charge in [0.2, 0.25) is 5.95 Å². The molecule has 5 heterocycles. The molecule has 1 unspecified atom stereocenters. The molecule has 1 amide bonds. The van der Waals surface area contributed by atoms with Gasteiger partial charge < -0.3 is 20.7 Å². The number of pyridine rings is 1. The number of fused-ring (bicyclic) bond motifs is 1. The number of ketones is 1. The summed E-state index contributed by atoms with van der Waals surface area (Å²) in [6, 6.07) is 8.11. The minimum Gasteiger partial charge on any atom is -0.382 e. The van der Waals surface area contributed by atoms with E-state index in [2.05, 4.69) is 20.2 Å². The van der Waals surface area contributed by atoms with Crippen molar-refractivity contribution in [2.45, 2.75) is 31.9 Å². The summed E-state index contributed by atoms with van der Waals surface area (Å²) in [5.41, 5.74) is 7.45. The number of nitrogen functional groups attached to an aromatic ring is 1. The zero-order valence-electron chi connectivity index (χ0n) is 23.2. The van der Waals surface area contributed by atoms with E-state index in [0.29, 0.717) is 54.8 Å². The van der Waals surface area contributed by atoms with Crippen molar-refractivity contribution in [3.63, 3.8) is 0 Å². The van der Waals surface area contributed by atoms with Crippen molar-refractivity contribution in [1.29, 1.82) is 0 Å². The standard InChI is InChI=1S/C30H30F3N7O3/c31-30(32,33)22-7-9-35-24(15-22)37-28(42)20-5-3-19(4-6-20)25-26-27(34)36-10-12-40(26)29(38-25)39-11-1-2-21(16-39)23(41)14-18-8-13-43-17-18/h3-7,9-10,12,15,18,21H,1-2,8,11,13-14,16-17H2,(H2,34,36)(H,35,37,42)/t18-,21?/m0/s1. The quantitative estimate of drug-likeness (QED) is 0.311. The Hall–Kier alpha value is -4.52. The summed E-state index contributed by atoms with van der Waals surface area (Å²) < 4.78 is 46.4. The van der Waals surface area contributed by atoms with Crippen molar-refractivity contribution in [2.24, 2.45) is 11.8 Å². The van der Waals surface area contributed by atoms with E-state index in [-0.39, 0.29) is 28.9 Å². The number of rotatable bonds is 7. The first kappa shape index (κ1) is 28.6. The van der Waals surface area contributed by atoms with Crippen molar-refractivity contribution in [3.05, 3.63) is 66.1 Å². The highest BCUT2D eigenvalue weighted by atomic mass is 19.4. The maximum absolute atomic E-state index is 13.1. The van der Waals surface area contributed by atoms with E-state index in [1.165, 1.54) is 0 Å². The minimum atomic E-state index is -4.55. The number of carbonyl (C=O) groups excluding carboxylic acids is 2. The maximum atomic E-state index is 13.1. The Bertz CT molecular complexity index is 1650. The molecule has 0 radical (unpaired) electrons. The van der Waals surface area contributed by atoms with Crippen molar-refractivity contribution >= 4 is 34.8 Å². The molecule has 224 valence electrons. The predicted octanol–water partition coefficient (Wildman–Crippen LogP) is 4.86. The van der Waals surface area contributed by atoms with Crippen LogP contribution in [0.4, 0.5) is 30.8 Å². The zero-order valence-corrected chi connectivity index (χ0v) is 23.2. The van der Waals surface area contributed by atoms with Crippen LogP contribution in [0.3, 0.4) is 0 Å². The second-order valence-corrected chi connectivity index (χ2v) is 10.9. The van der Waals surface area contributed by atoms with Gasteiger partial charge in [0, 0.05) is 68.4 Å². The molecule has 0 bridgehead atoms. The average Bonchev–Trinajstić information content (AvgIpc) is 3.66. The number of hydrogen-bond donors (Lipinski definition) is 2. The maximum Gasteiger partial charge on any atom is 0.416 e. The lowest BCUT2D eigenvalue weighted by Crippen LogP contribution is -2.40. The number of halogens is 3. The van der Waals surface area contributed by atoms with Gasteiger partial charge in [-0.1, -0.05) is 12.1 Å². The number of Topliss-reactive ketones (excluding diaryl/α,β-unsaturated/α-hetero) is 1. The van der Waals surface area contributed by atoms with Crippen molar-refractivity contribution < 1.29 is 27.5 Å². The van der Waals surface area contributed by atoms with E-state index in [4.69, 9.17) is 15.5 Å². The van der Waals surface area contributed by atoms with Crippen molar-refractivity contribution in [1.82, 2.24) is 19.4 Å². The van der Waals surface area contributed by atoms with Gasteiger partial charge in [0.05, 0.1) is 5.56 Å². The van der Waals surface area contributed by atoms with Crippen LogP contribution in [0, 0.1) is 11.8 Å². The van der Waals surface area contributed by atoms with Gasteiger partial charge in [0.25, 0.3) is 5.91 Å². The number of anilines is 3. The minimum absolute atomic E-state index is 0.0894. The number of carbonyl (C=O) groups is 2. The highest BCUT2D eigenvalue weighted by Crippen LogP contribution is 2.34. The fourth-order valence-electron chi connectivity index (χ4n) is 5.73. The Balaban J connectivity index is 1.23. The fourth-order valence-corrected chi connectivity index (χ4v) is 5.73. The number of alkyl halides is 3. The molecule has 2 saturated heterocycles. The van der Waals surface area contributed by atoms with Crippen LogP contribution < -0.4 is 16.0 Å². The van der Waals surface area contributed by atoms with E-state index < -0.39 is 17.6 Å². The third-order valence-corrected chi connectivity index (χ3v) is 7.99. The SMILES string of the molecule is Nc1nccn2c(N3CCCC(C(=O)C[C@@H]4CCOC4)C3)nc(-c3ccc(C(=O)Nc4cc(C(F)(F)F)ccn4)cc3)c12. The van der Waals surface area contributed by atoms with Crippen LogP contribution in [0.15, 0.2) is 55.0 Å². The Labute approximate surface area is 245 Å². The van der Waals surface area contributed by atoms with Crippen LogP contribution in [0.25, 0.3) is 16.8 Å². The van der Waals surface area contributed by atoms with Gasteiger partial charge in [0.1, 0.15) is 28.6 Å². The molecular formula is C30H30F3N7O3. The molecule has 1 aromatic carbocycles. The number of nitrogens with one attached hydrogen (secondary N) is 1. The van der Waals surface area contributed by atoms with Gasteiger partial charge >= 0.3 is 6.18 Å². The molecule has 2 fully saturated rings. The summed E-state index contributed by atoms with van der Waals surface area (Å²) in [7, 11) is 0. The van der Waals surface area contributed by atoms with E-state index in [1.807, 2.05) is 4.40 Å². The van der Waals surface area contributed by atoms with Crippen LogP contribution in [0.1, 0.15) is 41.6 Å². The molecule has 0 spiro atoms. The number of nitrogens with zero attached hydrogens (tertiary/aromatic N) is 5. The molecular weight excluding hydrogens is 563 g/mol. The molecule has 3 aromatic heterocycles. The van der Waals surface area contributed by atoms with E-state index in [0.717, 1.165) is 44.1 Å². The van der Waals surface area contributed by atoms with Crippen molar-refractivity contribution in [3.8, 4) is 11.3 Å². The second-order valence-electron chi connectivity index (χ2n) is 10.9. The molecule has 10 nitrogen and oxygen atoms in total. The molecule has 3 N–H and O–H groups in total. The lowest BCUT2D eigenvalue weighted by molar-refractivity contribution is -0.137. The van der Waals surface area contributed by atoms with Crippen molar-refractivity contribution in [2.75, 3.05) is 42.3 Å². The number of hydrogen-bond acceptors (Lipinski definition) is 8. The second kappa shape index (κ2) is 11.6. The molecule has 6 rings (SSSR count). The fraction of sp³-hybridized carbons (Fsp3) is 0.367. The number of nitrogens with two attached hydrogens (primary N) is 1. The van der Waals surface area contributed by atoms with Gasteiger partial charge in [-0.15, -0.1) is 0 Å². The van der Waals surface area contributed by atoms with E-state index in [1.54, 1.807) is 36.7 Å². The lowest BCUT2D eigenvalue weighted by Gasteiger charge is -2.32. The highest BCUT2D eigenvalue weighted by molar-refractivity contribution is 6.04. The number of amides is 1. The first-order valence-electron chi connectivity index (χ1n) is 14.1. The summed E-state index contributed by atoms with van der Waals surface area (Å²) in [4.78, 5) is 41.0. The highest BCUT2D eigenvalue weighted by Gasteiger charge is 2.32. The molecule has 2 aliphatic heterocycles. The molecule has 2 atom stereocenters. The van der Waals surface area contributed by atoms with E-state index >= 15 is 0 Å². The normalized spacial score (nSPS) is 19.1. The summed E-state index contributed by atoms with van der Waals surface area (Å²) in [5.74, 6) is 0.576. The zero-order chi connectivity index (χ0) is 30.1. The molecule has 2 aliphatic rings. The molecule has 0 aliphatic carbocycles. The predicted molar refractivity (Wildman–Crippen MR) is 154 cm³/mol. The summed E-state index contributed by atoms with van der Waals surface area (Å²) in [6.07, 6.45) is 2.96. The van der Waals surface area contributed by atoms with Crippen LogP contribution in [0.2, 0.25) is 0 Å². The summed E-state index contributed by atoms with van der Waals surface area (Å²) in [6.45, 7) is 2.65. The Kier molecular flexibility index (Phi) is 7.74. The first-order valence-corrected chi connectivity index (χ1v) is 14.1. The number of ether oxygens (including phenoxy) is 1. The van der Waals surface area contributed by atoms with Gasteiger partial charge in [0.15, 0.2) is 0 Å². The molecule has 13 heteroatoms. The topological polar surface area (TPSA) is 128 Å². The van der Waals surface area contributed by atoms with Crippen LogP contribution in [-0.2, 0) is 15.7 Å². The molecule has 4 aromatic rings. The molecule has 43 heavy (non-hydrogen) atoms. The third-order valence-electron chi connectivity index (χ3n) is 7.99. The van der Waals surface area contributed by atoms with Gasteiger partial charge in [-0.3, -0.25) is 14.0 Å². The monoisotopic (exact) mass is 593 g/mol. The summed E-state index contributed by atoms with van der Waals surface area (Å²) in [5, 5.41) is 2.41. The Morgan fingerprint density at radius 3 is 2.65 bits per heavy atom. The molecule has 0 saturated carbocycles. The van der Waals surface area contributed by atoms with Gasteiger partial charge in [-0.05, 0) is 49.4 Å². The number of aromatic nitrogens is 4. The smallest absolute Gasteiger partial charge is 0.382 e. The van der Waals surface area contributed by atoms with Gasteiger partial charge in [-0.25, -0.2) is 15.0 Å². The van der Waals surface area contributed by atoms with Gasteiger partial charge in [-0.2, -0.15) is 13.2 Å². The Morgan fingerprint density at radius 2 is 1.91 bits per heavy atom.